The Morgan fingerprint density at radius 1 is 0.481 bits per heavy atom. The van der Waals surface area contributed by atoms with E-state index >= 15 is 0 Å². The first kappa shape index (κ1) is 27.0. The van der Waals surface area contributed by atoms with E-state index in [9.17, 15) is 0 Å². The topological polar surface area (TPSA) is 0 Å². The van der Waals surface area contributed by atoms with Crippen LogP contribution in [0, 0.1) is 29.6 Å². The molecule has 0 saturated carbocycles. The van der Waals surface area contributed by atoms with E-state index in [2.05, 4.69) is 48.5 Å². The summed E-state index contributed by atoms with van der Waals surface area (Å²) in [5.74, 6) is 4.56. The third kappa shape index (κ3) is 15.6. The van der Waals surface area contributed by atoms with E-state index in [-0.39, 0.29) is 0 Å². The SMILES string of the molecule is CCCCCCCCCCC(C)C(CCC(C)CCCC(C)C)C(C)CC. The second kappa shape index (κ2) is 18.1. The van der Waals surface area contributed by atoms with Gasteiger partial charge in [-0.05, 0) is 36.0 Å². The van der Waals surface area contributed by atoms with E-state index in [1.54, 1.807) is 0 Å². The third-order valence-corrected chi connectivity index (χ3v) is 7.09. The highest BCUT2D eigenvalue weighted by Crippen LogP contribution is 2.33. The van der Waals surface area contributed by atoms with Gasteiger partial charge in [0.1, 0.15) is 0 Å². The summed E-state index contributed by atoms with van der Waals surface area (Å²) >= 11 is 0. The van der Waals surface area contributed by atoms with Crippen molar-refractivity contribution < 1.29 is 0 Å². The van der Waals surface area contributed by atoms with Crippen LogP contribution in [0.25, 0.3) is 0 Å². The molecule has 0 saturated heterocycles. The Morgan fingerprint density at radius 2 is 1.07 bits per heavy atom. The maximum atomic E-state index is 2.56. The quantitative estimate of drug-likeness (QED) is 0.195. The summed E-state index contributed by atoms with van der Waals surface area (Å²) in [6, 6.07) is 0. The number of hydrogen-bond acceptors (Lipinski definition) is 0. The van der Waals surface area contributed by atoms with Crippen LogP contribution in [0.1, 0.15) is 145 Å². The summed E-state index contributed by atoms with van der Waals surface area (Å²) in [5.41, 5.74) is 0. The van der Waals surface area contributed by atoms with E-state index in [0.29, 0.717) is 0 Å². The van der Waals surface area contributed by atoms with Gasteiger partial charge in [0.15, 0.2) is 0 Å². The fraction of sp³-hybridized carbons (Fsp3) is 1.00. The molecule has 0 heterocycles. The number of unbranched alkanes of at least 4 members (excludes halogenated alkanes) is 7. The molecule has 0 bridgehead atoms. The molecule has 0 fully saturated rings. The van der Waals surface area contributed by atoms with Crippen LogP contribution >= 0.6 is 0 Å². The van der Waals surface area contributed by atoms with Crippen LogP contribution in [-0.2, 0) is 0 Å². The van der Waals surface area contributed by atoms with Crippen molar-refractivity contribution in [1.29, 1.82) is 0 Å². The minimum atomic E-state index is 0.872. The third-order valence-electron chi connectivity index (χ3n) is 7.09. The second-order valence-corrected chi connectivity index (χ2v) is 10.3. The zero-order valence-electron chi connectivity index (χ0n) is 20.5. The van der Waals surface area contributed by atoms with E-state index in [4.69, 9.17) is 0 Å². The summed E-state index contributed by atoms with van der Waals surface area (Å²) in [6.07, 6.45) is 21.6. The van der Waals surface area contributed by atoms with Crippen LogP contribution in [0.3, 0.4) is 0 Å². The van der Waals surface area contributed by atoms with Crippen molar-refractivity contribution in [3.8, 4) is 0 Å². The van der Waals surface area contributed by atoms with Gasteiger partial charge >= 0.3 is 0 Å². The molecule has 0 radical (unpaired) electrons. The lowest BCUT2D eigenvalue weighted by molar-refractivity contribution is 0.203. The molecule has 0 heteroatoms. The van der Waals surface area contributed by atoms with Gasteiger partial charge in [-0.1, -0.05) is 138 Å². The smallest absolute Gasteiger partial charge is 0.0363 e. The monoisotopic (exact) mass is 380 g/mol. The molecule has 0 amide bonds. The fourth-order valence-corrected chi connectivity index (χ4v) is 4.74. The fourth-order valence-electron chi connectivity index (χ4n) is 4.74. The van der Waals surface area contributed by atoms with Gasteiger partial charge in [0, 0.05) is 0 Å². The molecule has 0 spiro atoms. The van der Waals surface area contributed by atoms with Crippen molar-refractivity contribution in [2.24, 2.45) is 29.6 Å². The lowest BCUT2D eigenvalue weighted by Gasteiger charge is -2.30. The van der Waals surface area contributed by atoms with Crippen LogP contribution in [-0.4, -0.2) is 0 Å². The Morgan fingerprint density at radius 3 is 1.63 bits per heavy atom. The minimum absolute atomic E-state index is 0.872. The second-order valence-electron chi connectivity index (χ2n) is 10.3. The van der Waals surface area contributed by atoms with Crippen LogP contribution in [0.4, 0.5) is 0 Å². The van der Waals surface area contributed by atoms with Crippen LogP contribution in [0.15, 0.2) is 0 Å². The first-order chi connectivity index (χ1) is 12.9. The van der Waals surface area contributed by atoms with Crippen molar-refractivity contribution in [2.75, 3.05) is 0 Å². The van der Waals surface area contributed by atoms with E-state index in [1.165, 1.54) is 96.3 Å². The lowest BCUT2D eigenvalue weighted by Crippen LogP contribution is -2.20. The first-order valence-electron chi connectivity index (χ1n) is 12.9. The summed E-state index contributed by atoms with van der Waals surface area (Å²) in [4.78, 5) is 0. The van der Waals surface area contributed by atoms with Gasteiger partial charge in [0.2, 0.25) is 0 Å². The van der Waals surface area contributed by atoms with Crippen molar-refractivity contribution >= 4 is 0 Å². The molecule has 0 aromatic heterocycles. The van der Waals surface area contributed by atoms with Crippen molar-refractivity contribution in [3.63, 3.8) is 0 Å². The Kier molecular flexibility index (Phi) is 18.1. The first-order valence-corrected chi connectivity index (χ1v) is 12.9. The van der Waals surface area contributed by atoms with Gasteiger partial charge < -0.3 is 0 Å². The molecular formula is C27H56. The van der Waals surface area contributed by atoms with Crippen LogP contribution < -0.4 is 0 Å². The van der Waals surface area contributed by atoms with Crippen LogP contribution in [0.2, 0.25) is 0 Å². The van der Waals surface area contributed by atoms with Crippen molar-refractivity contribution in [1.82, 2.24) is 0 Å². The standard InChI is InChI=1S/C27H56/c1-8-10-11-12-13-14-15-16-20-26(7)27(25(6)9-2)22-21-24(5)19-17-18-23(3)4/h23-27H,8-22H2,1-7H3. The Hall–Kier alpha value is 0. The van der Waals surface area contributed by atoms with Crippen molar-refractivity contribution in [3.05, 3.63) is 0 Å². The zero-order chi connectivity index (χ0) is 20.5. The van der Waals surface area contributed by atoms with Crippen LogP contribution in [0.5, 0.6) is 0 Å². The van der Waals surface area contributed by atoms with Gasteiger partial charge in [-0.3, -0.25) is 0 Å². The Balaban J connectivity index is 4.05. The molecule has 27 heavy (non-hydrogen) atoms. The van der Waals surface area contributed by atoms with E-state index in [1.807, 2.05) is 0 Å². The molecule has 164 valence electrons. The van der Waals surface area contributed by atoms with Gasteiger partial charge in [-0.2, -0.15) is 0 Å². The van der Waals surface area contributed by atoms with E-state index in [0.717, 1.165) is 29.6 Å². The summed E-state index contributed by atoms with van der Waals surface area (Å²) in [7, 11) is 0. The van der Waals surface area contributed by atoms with Gasteiger partial charge in [-0.15, -0.1) is 0 Å². The molecule has 4 unspecified atom stereocenters. The average molecular weight is 381 g/mol. The summed E-state index contributed by atoms with van der Waals surface area (Å²) < 4.78 is 0. The van der Waals surface area contributed by atoms with Gasteiger partial charge in [-0.25, -0.2) is 0 Å². The molecule has 0 aliphatic rings. The molecule has 0 aromatic carbocycles. The van der Waals surface area contributed by atoms with Gasteiger partial charge in [0.05, 0.1) is 0 Å². The summed E-state index contributed by atoms with van der Waals surface area (Å²) in [5, 5.41) is 0. The molecular weight excluding hydrogens is 324 g/mol. The Labute approximate surface area is 174 Å². The Bertz CT molecular complexity index is 292. The highest BCUT2D eigenvalue weighted by molar-refractivity contribution is 4.73. The maximum absolute atomic E-state index is 2.56. The maximum Gasteiger partial charge on any atom is -0.0363 e. The highest BCUT2D eigenvalue weighted by Gasteiger charge is 2.22. The minimum Gasteiger partial charge on any atom is -0.0654 e. The van der Waals surface area contributed by atoms with E-state index < -0.39 is 0 Å². The molecule has 4 atom stereocenters. The molecule has 0 aliphatic carbocycles. The molecule has 0 aliphatic heterocycles. The largest absolute Gasteiger partial charge is 0.0654 e. The molecule has 0 rings (SSSR count). The average Bonchev–Trinajstić information content (AvgIpc) is 2.63. The predicted octanol–water partition coefficient (Wildman–Crippen LogP) is 10.1. The zero-order valence-corrected chi connectivity index (χ0v) is 20.5. The summed E-state index contributed by atoms with van der Waals surface area (Å²) in [6.45, 7) is 17.0. The molecule has 0 N–H and O–H groups in total. The van der Waals surface area contributed by atoms with Gasteiger partial charge in [0.25, 0.3) is 0 Å². The lowest BCUT2D eigenvalue weighted by atomic mass is 9.75. The molecule has 0 aromatic rings. The molecule has 0 nitrogen and oxygen atoms in total. The van der Waals surface area contributed by atoms with Crippen molar-refractivity contribution in [2.45, 2.75) is 145 Å². The number of hydrogen-bond donors (Lipinski definition) is 0. The predicted molar refractivity (Wildman–Crippen MR) is 126 cm³/mol. The number of rotatable bonds is 19. The highest BCUT2D eigenvalue weighted by atomic mass is 14.3. The normalized spacial score (nSPS) is 16.4.